The Bertz CT molecular complexity index is 294. The third kappa shape index (κ3) is 3.56. The normalized spacial score (nSPS) is 12.9. The molecule has 1 atom stereocenters. The largest absolute Gasteiger partial charge is 0.497 e. The molecule has 0 saturated carbocycles. The molecule has 1 aromatic carbocycles. The molecule has 0 radical (unpaired) electrons. The molecule has 0 aromatic heterocycles. The van der Waals surface area contributed by atoms with E-state index in [1.165, 1.54) is 0 Å². The predicted molar refractivity (Wildman–Crippen MR) is 62.3 cm³/mol. The number of hydrogen-bond acceptors (Lipinski definition) is 2. The van der Waals surface area contributed by atoms with Crippen molar-refractivity contribution >= 4 is 0 Å². The fraction of sp³-hybridized carbons (Fsp3) is 0.538. The molecule has 0 saturated heterocycles. The van der Waals surface area contributed by atoms with Crippen LogP contribution in [0.3, 0.4) is 0 Å². The van der Waals surface area contributed by atoms with Gasteiger partial charge in [0.1, 0.15) is 5.75 Å². The lowest BCUT2D eigenvalue weighted by molar-refractivity contribution is 0.248. The molecule has 1 rings (SSSR count). The summed E-state index contributed by atoms with van der Waals surface area (Å²) in [5.41, 5.74) is 1.16. The first kappa shape index (κ1) is 12.1. The van der Waals surface area contributed by atoms with Crippen LogP contribution in [0.1, 0.15) is 31.7 Å². The molecule has 15 heavy (non-hydrogen) atoms. The summed E-state index contributed by atoms with van der Waals surface area (Å²) in [6.45, 7) is 4.54. The lowest BCUT2D eigenvalue weighted by Crippen LogP contribution is -2.07. The summed E-state index contributed by atoms with van der Waals surface area (Å²) in [7, 11) is 1.66. The van der Waals surface area contributed by atoms with Crippen molar-refractivity contribution in [1.29, 1.82) is 0 Å². The maximum Gasteiger partial charge on any atom is 0.119 e. The first-order valence-electron chi connectivity index (χ1n) is 5.42. The molecule has 0 aliphatic carbocycles. The van der Waals surface area contributed by atoms with Gasteiger partial charge in [-0.3, -0.25) is 0 Å². The minimum absolute atomic E-state index is 0.200. The minimum atomic E-state index is 0.200. The third-order valence-corrected chi connectivity index (χ3v) is 2.54. The molecule has 1 aromatic rings. The van der Waals surface area contributed by atoms with Crippen LogP contribution in [0, 0.1) is 5.92 Å². The number of aliphatic hydroxyl groups is 1. The standard InChI is InChI=1S/C13H20O2/c1-10(2)7-12(9-14)11-5-4-6-13(8-11)15-3/h4-6,8,10,12,14H,7,9H2,1-3H3. The van der Waals surface area contributed by atoms with E-state index in [0.717, 1.165) is 17.7 Å². The Morgan fingerprint density at radius 1 is 1.33 bits per heavy atom. The summed E-state index contributed by atoms with van der Waals surface area (Å²) in [5, 5.41) is 9.35. The van der Waals surface area contributed by atoms with Crippen LogP contribution in [0.4, 0.5) is 0 Å². The third-order valence-electron chi connectivity index (χ3n) is 2.54. The maximum atomic E-state index is 9.35. The van der Waals surface area contributed by atoms with E-state index in [0.29, 0.717) is 5.92 Å². The molecule has 0 heterocycles. The second kappa shape index (κ2) is 5.76. The van der Waals surface area contributed by atoms with Crippen molar-refractivity contribution in [3.8, 4) is 5.75 Å². The Kier molecular flexibility index (Phi) is 4.63. The van der Waals surface area contributed by atoms with Gasteiger partial charge < -0.3 is 9.84 Å². The maximum absolute atomic E-state index is 9.35. The Morgan fingerprint density at radius 3 is 2.60 bits per heavy atom. The lowest BCUT2D eigenvalue weighted by Gasteiger charge is -2.17. The minimum Gasteiger partial charge on any atom is -0.497 e. The van der Waals surface area contributed by atoms with Gasteiger partial charge in [-0.15, -0.1) is 0 Å². The van der Waals surface area contributed by atoms with Gasteiger partial charge in [0, 0.05) is 12.5 Å². The van der Waals surface area contributed by atoms with Gasteiger partial charge in [0.05, 0.1) is 7.11 Å². The zero-order valence-corrected chi connectivity index (χ0v) is 9.73. The van der Waals surface area contributed by atoms with Crippen LogP contribution < -0.4 is 4.74 Å². The molecular weight excluding hydrogens is 188 g/mol. The number of benzene rings is 1. The number of ether oxygens (including phenoxy) is 1. The molecule has 1 unspecified atom stereocenters. The van der Waals surface area contributed by atoms with Gasteiger partial charge in [0.25, 0.3) is 0 Å². The van der Waals surface area contributed by atoms with E-state index in [1.807, 2.05) is 24.3 Å². The van der Waals surface area contributed by atoms with Crippen molar-refractivity contribution in [3.63, 3.8) is 0 Å². The predicted octanol–water partition coefficient (Wildman–Crippen LogP) is 2.82. The van der Waals surface area contributed by atoms with Crippen LogP contribution in [-0.2, 0) is 0 Å². The molecule has 2 nitrogen and oxygen atoms in total. The molecule has 2 heteroatoms. The average Bonchev–Trinajstić information content (AvgIpc) is 2.25. The highest BCUT2D eigenvalue weighted by Crippen LogP contribution is 2.25. The summed E-state index contributed by atoms with van der Waals surface area (Å²) >= 11 is 0. The van der Waals surface area contributed by atoms with Crippen molar-refractivity contribution in [2.75, 3.05) is 13.7 Å². The Hall–Kier alpha value is -1.02. The highest BCUT2D eigenvalue weighted by molar-refractivity contribution is 5.30. The van der Waals surface area contributed by atoms with Crippen molar-refractivity contribution in [2.45, 2.75) is 26.2 Å². The number of methoxy groups -OCH3 is 1. The topological polar surface area (TPSA) is 29.5 Å². The van der Waals surface area contributed by atoms with Gasteiger partial charge >= 0.3 is 0 Å². The van der Waals surface area contributed by atoms with E-state index in [-0.39, 0.29) is 12.5 Å². The monoisotopic (exact) mass is 208 g/mol. The second-order valence-electron chi connectivity index (χ2n) is 4.29. The number of aliphatic hydroxyl groups excluding tert-OH is 1. The van der Waals surface area contributed by atoms with Crippen LogP contribution in [0.25, 0.3) is 0 Å². The van der Waals surface area contributed by atoms with Crippen LogP contribution in [0.5, 0.6) is 5.75 Å². The van der Waals surface area contributed by atoms with E-state index < -0.39 is 0 Å². The summed E-state index contributed by atoms with van der Waals surface area (Å²) < 4.78 is 5.17. The van der Waals surface area contributed by atoms with Crippen LogP contribution >= 0.6 is 0 Å². The van der Waals surface area contributed by atoms with Gasteiger partial charge in [-0.05, 0) is 30.0 Å². The summed E-state index contributed by atoms with van der Waals surface area (Å²) in [6, 6.07) is 7.94. The Labute approximate surface area is 91.9 Å². The summed E-state index contributed by atoms with van der Waals surface area (Å²) in [4.78, 5) is 0. The molecule has 0 fully saturated rings. The zero-order chi connectivity index (χ0) is 11.3. The van der Waals surface area contributed by atoms with E-state index in [4.69, 9.17) is 4.74 Å². The smallest absolute Gasteiger partial charge is 0.119 e. The van der Waals surface area contributed by atoms with Gasteiger partial charge in [-0.1, -0.05) is 26.0 Å². The molecule has 0 aliphatic heterocycles. The van der Waals surface area contributed by atoms with E-state index in [1.54, 1.807) is 7.11 Å². The first-order valence-corrected chi connectivity index (χ1v) is 5.42. The van der Waals surface area contributed by atoms with Crippen molar-refractivity contribution in [2.24, 2.45) is 5.92 Å². The van der Waals surface area contributed by atoms with Gasteiger partial charge in [0.2, 0.25) is 0 Å². The number of rotatable bonds is 5. The Morgan fingerprint density at radius 2 is 2.07 bits per heavy atom. The molecule has 0 bridgehead atoms. The van der Waals surface area contributed by atoms with Crippen LogP contribution in [-0.4, -0.2) is 18.8 Å². The second-order valence-corrected chi connectivity index (χ2v) is 4.29. The van der Waals surface area contributed by atoms with Crippen molar-refractivity contribution < 1.29 is 9.84 Å². The quantitative estimate of drug-likeness (QED) is 0.806. The molecule has 0 aliphatic rings. The van der Waals surface area contributed by atoms with E-state index >= 15 is 0 Å². The molecule has 84 valence electrons. The molecule has 0 spiro atoms. The van der Waals surface area contributed by atoms with E-state index in [9.17, 15) is 5.11 Å². The van der Waals surface area contributed by atoms with Gasteiger partial charge in [-0.2, -0.15) is 0 Å². The number of hydrogen-bond donors (Lipinski definition) is 1. The summed E-state index contributed by atoms with van der Waals surface area (Å²) in [5.74, 6) is 1.67. The lowest BCUT2D eigenvalue weighted by atomic mass is 9.91. The highest BCUT2D eigenvalue weighted by Gasteiger charge is 2.12. The van der Waals surface area contributed by atoms with Crippen molar-refractivity contribution in [1.82, 2.24) is 0 Å². The first-order chi connectivity index (χ1) is 7.17. The average molecular weight is 208 g/mol. The Balaban J connectivity index is 2.81. The van der Waals surface area contributed by atoms with Gasteiger partial charge in [-0.25, -0.2) is 0 Å². The van der Waals surface area contributed by atoms with Crippen LogP contribution in [0.2, 0.25) is 0 Å². The van der Waals surface area contributed by atoms with Gasteiger partial charge in [0.15, 0.2) is 0 Å². The molecule has 1 N–H and O–H groups in total. The fourth-order valence-electron chi connectivity index (χ4n) is 1.78. The molecule has 0 amide bonds. The zero-order valence-electron chi connectivity index (χ0n) is 9.73. The molecular formula is C13H20O2. The van der Waals surface area contributed by atoms with Crippen molar-refractivity contribution in [3.05, 3.63) is 29.8 Å². The fourth-order valence-corrected chi connectivity index (χ4v) is 1.78. The highest BCUT2D eigenvalue weighted by atomic mass is 16.5. The van der Waals surface area contributed by atoms with Crippen LogP contribution in [0.15, 0.2) is 24.3 Å². The SMILES string of the molecule is COc1cccc(C(CO)CC(C)C)c1. The van der Waals surface area contributed by atoms with E-state index in [2.05, 4.69) is 13.8 Å². The summed E-state index contributed by atoms with van der Waals surface area (Å²) in [6.07, 6.45) is 1.00.